The van der Waals surface area contributed by atoms with E-state index in [0.717, 1.165) is 54.0 Å². The normalized spacial score (nSPS) is 14.6. The van der Waals surface area contributed by atoms with E-state index in [-0.39, 0.29) is 11.8 Å². The van der Waals surface area contributed by atoms with E-state index in [1.807, 2.05) is 83.6 Å². The molecule has 1 heterocycles. The molecular weight excluding hydrogens is 643 g/mol. The number of hydrogen-bond donors (Lipinski definition) is 2. The van der Waals surface area contributed by atoms with E-state index in [1.165, 1.54) is 0 Å². The number of ether oxygens (including phenoxy) is 1. The van der Waals surface area contributed by atoms with Crippen LogP contribution in [0.4, 0.5) is 4.79 Å². The topological polar surface area (TPSA) is 162 Å². The van der Waals surface area contributed by atoms with Gasteiger partial charge in [-0.25, -0.2) is 26.4 Å². The molecule has 0 spiro atoms. The second kappa shape index (κ2) is 13.7. The van der Waals surface area contributed by atoms with E-state index in [0.29, 0.717) is 35.4 Å². The van der Waals surface area contributed by atoms with Crippen LogP contribution in [0.15, 0.2) is 83.4 Å². The first kappa shape index (κ1) is 33.9. The number of benzene rings is 3. The monoisotopic (exact) mass is 679 g/mol. The first-order valence-electron chi connectivity index (χ1n) is 15.1. The molecule has 1 unspecified atom stereocenters. The molecule has 1 fully saturated rings. The minimum Gasteiger partial charge on any atom is -0.440 e. The Morgan fingerprint density at radius 1 is 0.851 bits per heavy atom. The first-order valence-corrected chi connectivity index (χ1v) is 18.9. The third-order valence-electron chi connectivity index (χ3n) is 8.15. The minimum atomic E-state index is -3.83. The molecule has 0 bridgehead atoms. The van der Waals surface area contributed by atoms with Crippen molar-refractivity contribution in [1.29, 1.82) is 0 Å². The van der Waals surface area contributed by atoms with Crippen molar-refractivity contribution in [2.24, 2.45) is 0 Å². The zero-order valence-corrected chi connectivity index (χ0v) is 28.0. The highest BCUT2D eigenvalue weighted by Gasteiger charge is 2.46. The van der Waals surface area contributed by atoms with Crippen molar-refractivity contribution in [2.45, 2.75) is 57.0 Å². The van der Waals surface area contributed by atoms with Crippen molar-refractivity contribution in [1.82, 2.24) is 14.6 Å². The molecule has 1 atom stereocenters. The summed E-state index contributed by atoms with van der Waals surface area (Å²) in [5.41, 5.74) is 5.43. The van der Waals surface area contributed by atoms with Crippen molar-refractivity contribution >= 4 is 32.0 Å². The Morgan fingerprint density at radius 3 is 2.00 bits per heavy atom. The molecule has 0 radical (unpaired) electrons. The number of sulfonamides is 2. The van der Waals surface area contributed by atoms with E-state index in [9.17, 15) is 26.4 Å². The number of carbonyl (C=O) groups is 2. The maximum absolute atomic E-state index is 12.5. The summed E-state index contributed by atoms with van der Waals surface area (Å²) in [6, 6.07) is 25.4. The predicted molar refractivity (Wildman–Crippen MR) is 177 cm³/mol. The summed E-state index contributed by atoms with van der Waals surface area (Å²) in [5, 5.41) is 4.15. The molecule has 3 aromatic carbocycles. The molecule has 5 rings (SSSR count). The molecule has 11 nitrogen and oxygen atoms in total. The molecule has 248 valence electrons. The Kier molecular flexibility index (Phi) is 9.87. The number of aromatic nitrogens is 1. The fraction of sp³-hybridized carbons (Fsp3) is 0.324. The van der Waals surface area contributed by atoms with Gasteiger partial charge in [-0.3, -0.25) is 9.52 Å². The van der Waals surface area contributed by atoms with E-state index < -0.39 is 38.2 Å². The Labute approximate surface area is 274 Å². The van der Waals surface area contributed by atoms with Gasteiger partial charge in [-0.2, -0.15) is 0 Å². The van der Waals surface area contributed by atoms with Crippen molar-refractivity contribution in [2.75, 3.05) is 12.5 Å². The second-order valence-electron chi connectivity index (χ2n) is 12.1. The molecule has 0 aliphatic heterocycles. The molecule has 47 heavy (non-hydrogen) atoms. The van der Waals surface area contributed by atoms with Crippen LogP contribution in [-0.2, 0) is 41.4 Å². The van der Waals surface area contributed by atoms with Gasteiger partial charge < -0.3 is 9.26 Å². The van der Waals surface area contributed by atoms with Crippen LogP contribution in [-0.4, -0.2) is 46.5 Å². The summed E-state index contributed by atoms with van der Waals surface area (Å²) < 4.78 is 61.6. The Bertz CT molecular complexity index is 1950. The standard InChI is InChI=1S/C34H37N3O8S2/c1-23-31(29(44-33(39)37-47(3,42)43)11-7-10-24-8-5-4-6-9-24)32(45-35-23)27-14-12-25(13-15-27)26-16-18-28(19-17-26)34(20-21-34)22-30(38)36-46(2,40)41/h4-6,8-9,12-19,29H,7,10-11,20-22H2,1-3H3,(H,36,38)(H,37,39). The highest BCUT2D eigenvalue weighted by Crippen LogP contribution is 2.51. The summed E-state index contributed by atoms with van der Waals surface area (Å²) in [5.74, 6) is -0.0872. The molecule has 0 saturated heterocycles. The quantitative estimate of drug-likeness (QED) is 0.184. The van der Waals surface area contributed by atoms with Crippen LogP contribution in [0.3, 0.4) is 0 Å². The number of nitrogens with one attached hydrogen (secondary N) is 2. The van der Waals surface area contributed by atoms with E-state index in [4.69, 9.17) is 9.26 Å². The Balaban J connectivity index is 1.34. The van der Waals surface area contributed by atoms with Crippen LogP contribution in [0.5, 0.6) is 0 Å². The molecule has 1 aromatic heterocycles. The number of aryl methyl sites for hydroxylation is 2. The summed E-state index contributed by atoms with van der Waals surface area (Å²) in [6.45, 7) is 1.75. The van der Waals surface area contributed by atoms with Gasteiger partial charge in [0.25, 0.3) is 0 Å². The highest BCUT2D eigenvalue weighted by atomic mass is 32.2. The van der Waals surface area contributed by atoms with Gasteiger partial charge >= 0.3 is 6.09 Å². The number of carbonyl (C=O) groups excluding carboxylic acids is 2. The molecule has 1 aliphatic carbocycles. The Morgan fingerprint density at radius 2 is 1.43 bits per heavy atom. The fourth-order valence-corrected chi connectivity index (χ4v) is 6.60. The summed E-state index contributed by atoms with van der Waals surface area (Å²) in [4.78, 5) is 24.8. The lowest BCUT2D eigenvalue weighted by atomic mass is 9.90. The number of nitrogens with zero attached hydrogens (tertiary/aromatic N) is 1. The van der Waals surface area contributed by atoms with Gasteiger partial charge in [0.2, 0.25) is 26.0 Å². The van der Waals surface area contributed by atoms with Gasteiger partial charge in [-0.1, -0.05) is 84.0 Å². The van der Waals surface area contributed by atoms with E-state index >= 15 is 0 Å². The molecular formula is C34H37N3O8S2. The van der Waals surface area contributed by atoms with E-state index in [1.54, 1.807) is 6.92 Å². The number of rotatable bonds is 13. The van der Waals surface area contributed by atoms with Gasteiger partial charge in [0, 0.05) is 17.4 Å². The van der Waals surface area contributed by atoms with Crippen molar-refractivity contribution in [3.8, 4) is 22.5 Å². The molecule has 13 heteroatoms. The van der Waals surface area contributed by atoms with Crippen LogP contribution in [0.2, 0.25) is 0 Å². The smallest absolute Gasteiger partial charge is 0.421 e. The lowest BCUT2D eigenvalue weighted by Crippen LogP contribution is -2.32. The molecule has 2 N–H and O–H groups in total. The van der Waals surface area contributed by atoms with Crippen LogP contribution in [0, 0.1) is 6.92 Å². The lowest BCUT2D eigenvalue weighted by molar-refractivity contribution is -0.119. The maximum Gasteiger partial charge on any atom is 0.421 e. The zero-order chi connectivity index (χ0) is 33.8. The average Bonchev–Trinajstić information content (AvgIpc) is 3.67. The SMILES string of the molecule is Cc1noc(-c2ccc(-c3ccc(C4(CC(=O)NS(C)(=O)=O)CC4)cc3)cc2)c1C(CCCc1ccccc1)OC(=O)NS(C)(=O)=O. The fourth-order valence-electron chi connectivity index (χ4n) is 5.77. The largest absolute Gasteiger partial charge is 0.440 e. The first-order chi connectivity index (χ1) is 22.2. The molecule has 4 aromatic rings. The highest BCUT2D eigenvalue weighted by molar-refractivity contribution is 7.89. The van der Waals surface area contributed by atoms with Crippen molar-refractivity contribution in [3.63, 3.8) is 0 Å². The van der Waals surface area contributed by atoms with Crippen LogP contribution in [0.1, 0.15) is 60.6 Å². The third kappa shape index (κ3) is 9.07. The second-order valence-corrected chi connectivity index (χ2v) is 15.6. The van der Waals surface area contributed by atoms with Crippen molar-refractivity contribution in [3.05, 3.63) is 101 Å². The minimum absolute atomic E-state index is 0.111. The summed E-state index contributed by atoms with van der Waals surface area (Å²) in [7, 11) is -7.43. The van der Waals surface area contributed by atoms with Gasteiger partial charge in [0.15, 0.2) is 5.76 Å². The molecule has 1 aliphatic rings. The number of hydrogen-bond acceptors (Lipinski definition) is 9. The maximum atomic E-state index is 12.5. The van der Waals surface area contributed by atoms with Crippen LogP contribution < -0.4 is 9.44 Å². The molecule has 2 amide bonds. The summed E-state index contributed by atoms with van der Waals surface area (Å²) in [6.07, 6.45) is 3.48. The molecule has 1 saturated carbocycles. The summed E-state index contributed by atoms with van der Waals surface area (Å²) >= 11 is 0. The van der Waals surface area contributed by atoms with Gasteiger partial charge in [-0.05, 0) is 61.3 Å². The Hall–Kier alpha value is -4.49. The average molecular weight is 680 g/mol. The van der Waals surface area contributed by atoms with Crippen LogP contribution >= 0.6 is 0 Å². The van der Waals surface area contributed by atoms with Gasteiger partial charge in [0.05, 0.1) is 23.8 Å². The van der Waals surface area contributed by atoms with Gasteiger partial charge in [0.1, 0.15) is 6.10 Å². The lowest BCUT2D eigenvalue weighted by Gasteiger charge is -2.19. The van der Waals surface area contributed by atoms with Crippen LogP contribution in [0.25, 0.3) is 22.5 Å². The zero-order valence-electron chi connectivity index (χ0n) is 26.4. The third-order valence-corrected chi connectivity index (χ3v) is 9.29. The number of amides is 2. The van der Waals surface area contributed by atoms with Gasteiger partial charge in [-0.15, -0.1) is 0 Å². The van der Waals surface area contributed by atoms with E-state index in [2.05, 4.69) is 9.88 Å². The predicted octanol–water partition coefficient (Wildman–Crippen LogP) is 5.56. The van der Waals surface area contributed by atoms with Crippen molar-refractivity contribution < 1.29 is 35.7 Å².